The van der Waals surface area contributed by atoms with Crippen LogP contribution in [0.1, 0.15) is 6.92 Å². The summed E-state index contributed by atoms with van der Waals surface area (Å²) in [5.41, 5.74) is 0. The highest BCUT2D eigenvalue weighted by molar-refractivity contribution is 8.00. The minimum atomic E-state index is -4.91. The molecule has 5 nitrogen and oxygen atoms in total. The Morgan fingerprint density at radius 3 is 2.50 bits per heavy atom. The third kappa shape index (κ3) is 3.33. The van der Waals surface area contributed by atoms with Gasteiger partial charge in [-0.2, -0.15) is 24.5 Å². The van der Waals surface area contributed by atoms with Gasteiger partial charge in [-0.1, -0.05) is 13.0 Å². The predicted octanol–water partition coefficient (Wildman–Crippen LogP) is 1.47. The molecule has 1 aliphatic heterocycles. The van der Waals surface area contributed by atoms with Crippen molar-refractivity contribution in [2.24, 2.45) is 0 Å². The molecule has 1 unspecified atom stereocenters. The lowest BCUT2D eigenvalue weighted by molar-refractivity contribution is 0.424. The first-order valence-electron chi connectivity index (χ1n) is 5.88. The first-order valence-corrected chi connectivity index (χ1v) is 9.75. The molecule has 112 valence electrons. The molecule has 0 radical (unpaired) electrons. The Balaban J connectivity index is 2.39. The van der Waals surface area contributed by atoms with Crippen LogP contribution in [0.15, 0.2) is 34.1 Å². The number of nitrogens with zero attached hydrogens (tertiary/aromatic N) is 1. The van der Waals surface area contributed by atoms with E-state index >= 15 is 0 Å². The molecule has 0 saturated carbocycles. The van der Waals surface area contributed by atoms with E-state index in [1.54, 1.807) is 11.8 Å². The monoisotopic (exact) mass is 339 g/mol. The molecule has 9 heteroatoms. The van der Waals surface area contributed by atoms with Gasteiger partial charge in [-0.15, -0.1) is 3.89 Å². The highest BCUT2D eigenvalue weighted by Gasteiger charge is 2.29. The Bertz CT molecular complexity index is 702. The summed E-state index contributed by atoms with van der Waals surface area (Å²) in [5.74, 6) is 0.682. The number of sulfonamides is 1. The number of hydrogen-bond donors (Lipinski definition) is 0. The molecule has 1 saturated heterocycles. The highest BCUT2D eigenvalue weighted by atomic mass is 32.3. The zero-order valence-corrected chi connectivity index (χ0v) is 13.1. The van der Waals surface area contributed by atoms with Crippen molar-refractivity contribution in [1.29, 1.82) is 0 Å². The van der Waals surface area contributed by atoms with Crippen LogP contribution in [0.4, 0.5) is 3.89 Å². The molecule has 0 spiro atoms. The van der Waals surface area contributed by atoms with E-state index in [1.807, 2.05) is 6.92 Å². The van der Waals surface area contributed by atoms with Gasteiger partial charge in [-0.05, 0) is 18.2 Å². The van der Waals surface area contributed by atoms with E-state index in [-0.39, 0.29) is 10.1 Å². The fraction of sp³-hybridized carbons (Fsp3) is 0.455. The molecule has 1 atom stereocenters. The number of benzene rings is 1. The SMILES string of the molecule is CC1CN(S(=O)(=O)c2cccc(S(=O)(=O)F)c2)CCS1. The first-order chi connectivity index (χ1) is 9.21. The van der Waals surface area contributed by atoms with Gasteiger partial charge < -0.3 is 0 Å². The molecule has 1 fully saturated rings. The van der Waals surface area contributed by atoms with E-state index in [0.717, 1.165) is 12.1 Å². The van der Waals surface area contributed by atoms with E-state index in [1.165, 1.54) is 16.4 Å². The van der Waals surface area contributed by atoms with Crippen molar-refractivity contribution in [2.45, 2.75) is 22.0 Å². The molecule has 0 aromatic heterocycles. The molecule has 1 aliphatic rings. The second-order valence-corrected chi connectivity index (χ2v) is 9.29. The van der Waals surface area contributed by atoms with E-state index in [2.05, 4.69) is 0 Å². The molecule has 1 heterocycles. The molecule has 0 amide bonds. The number of halogens is 1. The average Bonchev–Trinajstić information content (AvgIpc) is 2.38. The lowest BCUT2D eigenvalue weighted by Gasteiger charge is -2.29. The van der Waals surface area contributed by atoms with E-state index in [0.29, 0.717) is 18.8 Å². The molecular formula is C11H14FNO4S3. The second-order valence-electron chi connectivity index (χ2n) is 4.46. The van der Waals surface area contributed by atoms with Crippen molar-refractivity contribution in [2.75, 3.05) is 18.8 Å². The maximum Gasteiger partial charge on any atom is 0.332 e. The van der Waals surface area contributed by atoms with Crippen molar-refractivity contribution in [3.8, 4) is 0 Å². The summed E-state index contributed by atoms with van der Waals surface area (Å²) in [6.45, 7) is 2.65. The lowest BCUT2D eigenvalue weighted by atomic mass is 10.4. The summed E-state index contributed by atoms with van der Waals surface area (Å²) < 4.78 is 60.8. The van der Waals surface area contributed by atoms with Gasteiger partial charge in [0, 0.05) is 24.1 Å². The fourth-order valence-electron chi connectivity index (χ4n) is 1.94. The largest absolute Gasteiger partial charge is 0.332 e. The second kappa shape index (κ2) is 5.63. The Kier molecular flexibility index (Phi) is 4.43. The minimum absolute atomic E-state index is 0.173. The van der Waals surface area contributed by atoms with Crippen LogP contribution >= 0.6 is 11.8 Å². The zero-order chi connectivity index (χ0) is 15.0. The average molecular weight is 339 g/mol. The van der Waals surface area contributed by atoms with Gasteiger partial charge in [0.05, 0.1) is 9.79 Å². The highest BCUT2D eigenvalue weighted by Crippen LogP contribution is 2.25. The zero-order valence-electron chi connectivity index (χ0n) is 10.7. The van der Waals surface area contributed by atoms with Crippen molar-refractivity contribution in [3.05, 3.63) is 24.3 Å². The smallest absolute Gasteiger partial charge is 0.207 e. The third-order valence-corrected chi connectivity index (χ3v) is 6.74. The van der Waals surface area contributed by atoms with Crippen LogP contribution in [0.25, 0.3) is 0 Å². The maximum atomic E-state index is 13.0. The molecule has 1 aromatic carbocycles. The van der Waals surface area contributed by atoms with Gasteiger partial charge in [0.15, 0.2) is 0 Å². The topological polar surface area (TPSA) is 71.5 Å². The Morgan fingerprint density at radius 2 is 1.90 bits per heavy atom. The van der Waals surface area contributed by atoms with E-state index in [4.69, 9.17) is 0 Å². The summed E-state index contributed by atoms with van der Waals surface area (Å²) in [5, 5.41) is 0.173. The standard InChI is InChI=1S/C11H14FNO4S3/c1-9-8-13(5-6-18-9)20(16,17)11-4-2-3-10(7-11)19(12,14)15/h2-4,7,9H,5-6,8H2,1H3. The van der Waals surface area contributed by atoms with Gasteiger partial charge in [0.25, 0.3) is 0 Å². The summed E-state index contributed by atoms with van der Waals surface area (Å²) in [7, 11) is -8.70. The quantitative estimate of drug-likeness (QED) is 0.780. The molecule has 20 heavy (non-hydrogen) atoms. The number of thioether (sulfide) groups is 1. The third-order valence-electron chi connectivity index (χ3n) is 2.93. The summed E-state index contributed by atoms with van der Waals surface area (Å²) >= 11 is 1.68. The Labute approximate surface area is 122 Å². The summed E-state index contributed by atoms with van der Waals surface area (Å²) in [4.78, 5) is -0.840. The Morgan fingerprint density at radius 1 is 1.25 bits per heavy atom. The van der Waals surface area contributed by atoms with Crippen LogP contribution in [0.5, 0.6) is 0 Å². The van der Waals surface area contributed by atoms with Crippen LogP contribution in [-0.4, -0.2) is 45.2 Å². The molecule has 2 rings (SSSR count). The fourth-order valence-corrected chi connectivity index (χ4v) is 5.32. The van der Waals surface area contributed by atoms with Crippen molar-refractivity contribution in [1.82, 2.24) is 4.31 Å². The molecule has 0 bridgehead atoms. The van der Waals surface area contributed by atoms with Crippen LogP contribution in [0.3, 0.4) is 0 Å². The van der Waals surface area contributed by atoms with Crippen molar-refractivity contribution >= 4 is 32.0 Å². The molecule has 1 aromatic rings. The molecule has 0 aliphatic carbocycles. The summed E-state index contributed by atoms with van der Waals surface area (Å²) in [6.07, 6.45) is 0. The molecular weight excluding hydrogens is 325 g/mol. The first kappa shape index (κ1) is 15.7. The molecule has 0 N–H and O–H groups in total. The van der Waals surface area contributed by atoms with Crippen molar-refractivity contribution in [3.63, 3.8) is 0 Å². The van der Waals surface area contributed by atoms with Crippen LogP contribution in [0, 0.1) is 0 Å². The van der Waals surface area contributed by atoms with Gasteiger partial charge in [0.1, 0.15) is 0 Å². The van der Waals surface area contributed by atoms with Crippen molar-refractivity contribution < 1.29 is 20.7 Å². The van der Waals surface area contributed by atoms with Crippen LogP contribution in [-0.2, 0) is 20.2 Å². The normalized spacial score (nSPS) is 21.8. The van der Waals surface area contributed by atoms with Gasteiger partial charge >= 0.3 is 10.2 Å². The minimum Gasteiger partial charge on any atom is -0.207 e. The van der Waals surface area contributed by atoms with Crippen LogP contribution in [0.2, 0.25) is 0 Å². The van der Waals surface area contributed by atoms with Gasteiger partial charge in [0.2, 0.25) is 10.0 Å². The number of rotatable bonds is 3. The predicted molar refractivity (Wildman–Crippen MR) is 75.4 cm³/mol. The lowest BCUT2D eigenvalue weighted by Crippen LogP contribution is -2.40. The Hall–Kier alpha value is -0.640. The summed E-state index contributed by atoms with van der Waals surface area (Å²) in [6, 6.07) is 4.39. The number of hydrogen-bond acceptors (Lipinski definition) is 5. The van der Waals surface area contributed by atoms with Gasteiger partial charge in [-0.3, -0.25) is 0 Å². The van der Waals surface area contributed by atoms with E-state index in [9.17, 15) is 20.7 Å². The van der Waals surface area contributed by atoms with E-state index < -0.39 is 25.1 Å². The maximum absolute atomic E-state index is 13.0. The van der Waals surface area contributed by atoms with Crippen LogP contribution < -0.4 is 0 Å². The van der Waals surface area contributed by atoms with Gasteiger partial charge in [-0.25, -0.2) is 8.42 Å².